The van der Waals surface area contributed by atoms with Crippen molar-refractivity contribution >= 4 is 17.7 Å². The zero-order valence-corrected chi connectivity index (χ0v) is 19.6. The average molecular weight is 458 g/mol. The van der Waals surface area contributed by atoms with Gasteiger partial charge in [0.05, 0.1) is 6.54 Å². The highest BCUT2D eigenvalue weighted by atomic mass is 19.3. The van der Waals surface area contributed by atoms with Crippen LogP contribution in [0.4, 0.5) is 13.5 Å². The maximum Gasteiger partial charge on any atom is 0.272 e. The summed E-state index contributed by atoms with van der Waals surface area (Å²) in [4.78, 5) is 36.2. The number of rotatable bonds is 9. The highest BCUT2D eigenvalue weighted by Crippen LogP contribution is 2.14. The van der Waals surface area contributed by atoms with E-state index in [-0.39, 0.29) is 19.8 Å². The average Bonchev–Trinajstić information content (AvgIpc) is 3.14. The molecule has 3 amide bonds. The standard InChI is InChI=1S/C14H21F2N5O3.C4H10.C2H6.FH.2H2/c1-4-10(12(17)23)20(3)11(22)7-18-13(24)9-5-6-21(19-9)8-14(2,15)16;1-3-4-2;1-2;;;/h5-6,10H,4,7-8H2,1-3H3,(H2,17,23)(H,18,24);3-4H2,1-2H3;1-2H3;3*1H. The predicted octanol–water partition coefficient (Wildman–Crippen LogP) is 3.47. The van der Waals surface area contributed by atoms with Crippen LogP contribution < -0.4 is 11.1 Å². The van der Waals surface area contributed by atoms with Gasteiger partial charge in [-0.05, 0) is 12.5 Å². The third-order valence-electron chi connectivity index (χ3n) is 3.79. The maximum atomic E-state index is 12.9. The van der Waals surface area contributed by atoms with E-state index < -0.39 is 36.2 Å². The molecule has 0 aliphatic carbocycles. The van der Waals surface area contributed by atoms with E-state index in [4.69, 9.17) is 5.73 Å². The summed E-state index contributed by atoms with van der Waals surface area (Å²) >= 11 is 0. The lowest BCUT2D eigenvalue weighted by atomic mass is 10.2. The molecule has 0 bridgehead atoms. The van der Waals surface area contributed by atoms with Crippen molar-refractivity contribution in [3.8, 4) is 0 Å². The summed E-state index contributed by atoms with van der Waals surface area (Å²) in [7, 11) is 1.41. The van der Waals surface area contributed by atoms with Crippen LogP contribution in [0.5, 0.6) is 0 Å². The van der Waals surface area contributed by atoms with Gasteiger partial charge in [-0.15, -0.1) is 0 Å². The topological polar surface area (TPSA) is 110 Å². The molecule has 186 valence electrons. The molecule has 11 heteroatoms. The number of unbranched alkanes of at least 4 members (excludes halogenated alkanes) is 1. The van der Waals surface area contributed by atoms with Gasteiger partial charge in [0, 0.05) is 23.0 Å². The minimum atomic E-state index is -2.96. The van der Waals surface area contributed by atoms with Crippen molar-refractivity contribution in [2.45, 2.75) is 79.3 Å². The number of likely N-dealkylation sites (N-methyl/N-ethyl adjacent to an activating group) is 1. The molecular weight excluding hydrogens is 415 g/mol. The van der Waals surface area contributed by atoms with Crippen LogP contribution >= 0.6 is 0 Å². The fourth-order valence-electron chi connectivity index (χ4n) is 2.07. The highest BCUT2D eigenvalue weighted by Gasteiger charge is 2.25. The minimum Gasteiger partial charge on any atom is -0.368 e. The Hall–Kier alpha value is -2.59. The van der Waals surface area contributed by atoms with Gasteiger partial charge < -0.3 is 16.0 Å². The summed E-state index contributed by atoms with van der Waals surface area (Å²) in [6.07, 6.45) is 4.24. The largest absolute Gasteiger partial charge is 0.368 e. The third-order valence-corrected chi connectivity index (χ3v) is 3.79. The lowest BCUT2D eigenvalue weighted by Crippen LogP contribution is -2.48. The summed E-state index contributed by atoms with van der Waals surface area (Å²) in [5.41, 5.74) is 5.11. The Labute approximate surface area is 185 Å². The molecule has 1 atom stereocenters. The van der Waals surface area contributed by atoms with E-state index in [1.54, 1.807) is 6.92 Å². The summed E-state index contributed by atoms with van der Waals surface area (Å²) in [5.74, 6) is -4.78. The molecule has 31 heavy (non-hydrogen) atoms. The molecule has 0 saturated carbocycles. The summed E-state index contributed by atoms with van der Waals surface area (Å²) in [6.45, 7) is 9.79. The Morgan fingerprint density at radius 1 is 1.26 bits per heavy atom. The van der Waals surface area contributed by atoms with E-state index in [0.29, 0.717) is 6.42 Å². The maximum absolute atomic E-state index is 12.9. The number of hydrogen-bond donors (Lipinski definition) is 2. The second-order valence-electron chi connectivity index (χ2n) is 6.48. The van der Waals surface area contributed by atoms with Gasteiger partial charge in [-0.1, -0.05) is 47.5 Å². The highest BCUT2D eigenvalue weighted by molar-refractivity contribution is 5.95. The molecule has 0 aliphatic heterocycles. The van der Waals surface area contributed by atoms with Crippen molar-refractivity contribution in [3.05, 3.63) is 18.0 Å². The zero-order chi connectivity index (χ0) is 23.9. The van der Waals surface area contributed by atoms with Crippen LogP contribution in [0, 0.1) is 0 Å². The number of amides is 3. The van der Waals surface area contributed by atoms with Gasteiger partial charge in [0.1, 0.15) is 18.3 Å². The number of halogens is 3. The van der Waals surface area contributed by atoms with Crippen LogP contribution in [-0.2, 0) is 16.1 Å². The van der Waals surface area contributed by atoms with Crippen LogP contribution in [-0.4, -0.2) is 58.0 Å². The molecule has 0 saturated heterocycles. The minimum absolute atomic E-state index is 0. The van der Waals surface area contributed by atoms with Gasteiger partial charge in [-0.2, -0.15) is 5.10 Å². The molecule has 1 rings (SSSR count). The number of nitrogens with zero attached hydrogens (tertiary/aromatic N) is 3. The number of nitrogens with two attached hydrogens (primary N) is 1. The van der Waals surface area contributed by atoms with Crippen molar-refractivity contribution in [1.29, 1.82) is 0 Å². The number of nitrogens with one attached hydrogen (secondary N) is 1. The Kier molecular flexibility index (Phi) is 18.3. The normalized spacial score (nSPS) is 10.9. The fourth-order valence-corrected chi connectivity index (χ4v) is 2.07. The van der Waals surface area contributed by atoms with E-state index >= 15 is 0 Å². The second kappa shape index (κ2) is 17.1. The van der Waals surface area contributed by atoms with E-state index in [9.17, 15) is 23.2 Å². The SMILES string of the molecule is CC.CCC(C(N)=O)N(C)C(=O)CNC(=O)c1ccn(CC(C)(F)F)n1.CCCC.F.[HH].[HH]. The first kappa shape index (κ1) is 33.1. The lowest BCUT2D eigenvalue weighted by Gasteiger charge is -2.24. The van der Waals surface area contributed by atoms with Crippen molar-refractivity contribution in [2.24, 2.45) is 5.73 Å². The molecule has 0 fully saturated rings. The van der Waals surface area contributed by atoms with Crippen molar-refractivity contribution < 1.29 is 30.7 Å². The Morgan fingerprint density at radius 3 is 2.16 bits per heavy atom. The number of carbonyl (C=O) groups excluding carboxylic acids is 3. The van der Waals surface area contributed by atoms with Crippen LogP contribution in [0.1, 0.15) is 74.1 Å². The molecule has 0 spiro atoms. The van der Waals surface area contributed by atoms with E-state index in [2.05, 4.69) is 24.3 Å². The van der Waals surface area contributed by atoms with Crippen molar-refractivity contribution in [2.75, 3.05) is 13.6 Å². The van der Waals surface area contributed by atoms with Crippen molar-refractivity contribution in [1.82, 2.24) is 20.0 Å². The molecule has 0 aromatic carbocycles. The Bertz CT molecular complexity index is 657. The van der Waals surface area contributed by atoms with Gasteiger partial charge in [-0.3, -0.25) is 23.8 Å². The number of carbonyl (C=O) groups is 3. The molecular formula is C20H42F3N5O3. The molecule has 1 aromatic rings. The van der Waals surface area contributed by atoms with E-state index in [0.717, 1.165) is 16.5 Å². The summed E-state index contributed by atoms with van der Waals surface area (Å²) in [5, 5.41) is 6.05. The zero-order valence-electron chi connectivity index (χ0n) is 19.6. The smallest absolute Gasteiger partial charge is 0.272 e. The van der Waals surface area contributed by atoms with Crippen LogP contribution in [0.15, 0.2) is 12.3 Å². The Morgan fingerprint density at radius 2 is 1.77 bits per heavy atom. The van der Waals surface area contributed by atoms with Crippen LogP contribution in [0.3, 0.4) is 0 Å². The molecule has 1 aromatic heterocycles. The molecule has 0 aliphatic rings. The third kappa shape index (κ3) is 14.1. The van der Waals surface area contributed by atoms with Gasteiger partial charge in [0.25, 0.3) is 11.8 Å². The van der Waals surface area contributed by atoms with Gasteiger partial charge >= 0.3 is 0 Å². The first-order valence-corrected chi connectivity index (χ1v) is 10.2. The molecule has 8 nitrogen and oxygen atoms in total. The molecule has 3 N–H and O–H groups in total. The van der Waals surface area contributed by atoms with E-state index in [1.165, 1.54) is 32.2 Å². The summed E-state index contributed by atoms with van der Waals surface area (Å²) < 4.78 is 26.7. The number of aromatic nitrogens is 2. The van der Waals surface area contributed by atoms with Gasteiger partial charge in [-0.25, -0.2) is 8.78 Å². The number of alkyl halides is 2. The quantitative estimate of drug-likeness (QED) is 0.591. The van der Waals surface area contributed by atoms with E-state index in [1.807, 2.05) is 13.8 Å². The molecule has 0 radical (unpaired) electrons. The predicted molar refractivity (Wildman–Crippen MR) is 120 cm³/mol. The molecule has 1 heterocycles. The number of primary amides is 1. The lowest BCUT2D eigenvalue weighted by molar-refractivity contribution is -0.137. The van der Waals surface area contributed by atoms with Crippen LogP contribution in [0.25, 0.3) is 0 Å². The van der Waals surface area contributed by atoms with Gasteiger partial charge in [0.15, 0.2) is 0 Å². The molecule has 1 unspecified atom stereocenters. The van der Waals surface area contributed by atoms with Crippen LogP contribution in [0.2, 0.25) is 0 Å². The number of hydrogen-bond acceptors (Lipinski definition) is 4. The Balaban J connectivity index is -0.000000262. The second-order valence-corrected chi connectivity index (χ2v) is 6.48. The first-order chi connectivity index (χ1) is 14.0. The van der Waals surface area contributed by atoms with Crippen molar-refractivity contribution in [3.63, 3.8) is 0 Å². The monoisotopic (exact) mass is 457 g/mol. The summed E-state index contributed by atoms with van der Waals surface area (Å²) in [6, 6.07) is 0.508. The fraction of sp³-hybridized carbons (Fsp3) is 0.700. The first-order valence-electron chi connectivity index (χ1n) is 10.2. The van der Waals surface area contributed by atoms with Gasteiger partial charge in [0.2, 0.25) is 11.8 Å².